The molecule has 0 unspecified atom stereocenters. The van der Waals surface area contributed by atoms with Gasteiger partial charge in [-0.15, -0.1) is 11.8 Å². The predicted octanol–water partition coefficient (Wildman–Crippen LogP) is 2.55. The van der Waals surface area contributed by atoms with Crippen LogP contribution in [0.15, 0.2) is 29.2 Å². The predicted molar refractivity (Wildman–Crippen MR) is 89.8 cm³/mol. The molecule has 23 heavy (non-hydrogen) atoms. The molecule has 0 saturated carbocycles. The average Bonchev–Trinajstić information content (AvgIpc) is 2.78. The molecule has 0 bridgehead atoms. The molecule has 0 fully saturated rings. The van der Waals surface area contributed by atoms with Crippen molar-refractivity contribution in [2.45, 2.75) is 18.7 Å². The van der Waals surface area contributed by atoms with E-state index in [1.165, 1.54) is 11.8 Å². The van der Waals surface area contributed by atoms with Gasteiger partial charge in [0.05, 0.1) is 22.6 Å². The number of carbonyl (C=O) groups is 2. The van der Waals surface area contributed by atoms with Gasteiger partial charge in [-0.3, -0.25) is 9.48 Å². The summed E-state index contributed by atoms with van der Waals surface area (Å²) in [6, 6.07) is 7.13. The van der Waals surface area contributed by atoms with Crippen LogP contribution >= 0.6 is 11.8 Å². The lowest BCUT2D eigenvalue weighted by Crippen LogP contribution is -2.21. The van der Waals surface area contributed by atoms with E-state index in [0.717, 1.165) is 16.3 Å². The van der Waals surface area contributed by atoms with Crippen LogP contribution in [-0.2, 0) is 16.6 Å². The molecule has 0 aliphatic heterocycles. The van der Waals surface area contributed by atoms with Crippen LogP contribution in [0.2, 0.25) is 0 Å². The van der Waals surface area contributed by atoms with Gasteiger partial charge in [-0.2, -0.15) is 5.10 Å². The molecule has 0 radical (unpaired) electrons. The van der Waals surface area contributed by atoms with Crippen molar-refractivity contribution < 1.29 is 14.3 Å². The Morgan fingerprint density at radius 3 is 2.61 bits per heavy atom. The SMILES string of the molecule is CSc1ccccc1C(=O)OCC(=O)Nc1c(C)nn(C)c1C. The molecule has 1 N–H and O–H groups in total. The fourth-order valence-corrected chi connectivity index (χ4v) is 2.74. The highest BCUT2D eigenvalue weighted by Crippen LogP contribution is 2.21. The first-order chi connectivity index (χ1) is 10.9. The maximum atomic E-state index is 12.1. The molecule has 6 nitrogen and oxygen atoms in total. The fraction of sp³-hybridized carbons (Fsp3) is 0.312. The smallest absolute Gasteiger partial charge is 0.339 e. The number of hydrogen-bond acceptors (Lipinski definition) is 5. The number of rotatable bonds is 5. The minimum Gasteiger partial charge on any atom is -0.452 e. The Morgan fingerprint density at radius 1 is 1.30 bits per heavy atom. The van der Waals surface area contributed by atoms with Gasteiger partial charge in [-0.1, -0.05) is 12.1 Å². The average molecular weight is 333 g/mol. The third-order valence-electron chi connectivity index (χ3n) is 3.43. The Hall–Kier alpha value is -2.28. The molecule has 122 valence electrons. The number of anilines is 1. The monoisotopic (exact) mass is 333 g/mol. The van der Waals surface area contributed by atoms with Crippen LogP contribution in [0.5, 0.6) is 0 Å². The van der Waals surface area contributed by atoms with E-state index in [-0.39, 0.29) is 12.5 Å². The number of esters is 1. The number of nitrogens with one attached hydrogen (secondary N) is 1. The van der Waals surface area contributed by atoms with E-state index >= 15 is 0 Å². The minimum absolute atomic E-state index is 0.338. The number of ether oxygens (including phenoxy) is 1. The zero-order valence-electron chi connectivity index (χ0n) is 13.5. The summed E-state index contributed by atoms with van der Waals surface area (Å²) < 4.78 is 6.79. The molecule has 1 amide bonds. The van der Waals surface area contributed by atoms with Crippen molar-refractivity contribution in [3.05, 3.63) is 41.2 Å². The first-order valence-corrected chi connectivity index (χ1v) is 8.26. The van der Waals surface area contributed by atoms with Crippen LogP contribution in [0.1, 0.15) is 21.7 Å². The van der Waals surface area contributed by atoms with Gasteiger partial charge in [0, 0.05) is 11.9 Å². The largest absolute Gasteiger partial charge is 0.452 e. The van der Waals surface area contributed by atoms with Gasteiger partial charge in [0.2, 0.25) is 0 Å². The zero-order valence-corrected chi connectivity index (χ0v) is 14.4. The van der Waals surface area contributed by atoms with E-state index in [2.05, 4.69) is 10.4 Å². The maximum Gasteiger partial charge on any atom is 0.339 e. The molecule has 0 atom stereocenters. The molecular formula is C16H19N3O3S. The quantitative estimate of drug-likeness (QED) is 0.672. The second-order valence-electron chi connectivity index (χ2n) is 4.99. The van der Waals surface area contributed by atoms with Gasteiger partial charge in [0.15, 0.2) is 6.61 Å². The molecule has 1 heterocycles. The van der Waals surface area contributed by atoms with Gasteiger partial charge < -0.3 is 10.1 Å². The lowest BCUT2D eigenvalue weighted by atomic mass is 10.2. The molecule has 0 aliphatic rings. The lowest BCUT2D eigenvalue weighted by molar-refractivity contribution is -0.119. The number of carbonyl (C=O) groups excluding carboxylic acids is 2. The normalized spacial score (nSPS) is 10.4. The van der Waals surface area contributed by atoms with Gasteiger partial charge in [0.25, 0.3) is 5.91 Å². The molecule has 2 rings (SSSR count). The van der Waals surface area contributed by atoms with Crippen LogP contribution in [0.25, 0.3) is 0 Å². The van der Waals surface area contributed by atoms with E-state index in [0.29, 0.717) is 11.3 Å². The second-order valence-corrected chi connectivity index (χ2v) is 5.84. The summed E-state index contributed by atoms with van der Waals surface area (Å²) in [5.41, 5.74) is 2.67. The summed E-state index contributed by atoms with van der Waals surface area (Å²) in [6.07, 6.45) is 1.88. The number of nitrogens with zero attached hydrogens (tertiary/aromatic N) is 2. The number of aromatic nitrogens is 2. The fourth-order valence-electron chi connectivity index (χ4n) is 2.15. The van der Waals surface area contributed by atoms with Crippen molar-refractivity contribution in [3.63, 3.8) is 0 Å². The topological polar surface area (TPSA) is 73.2 Å². The van der Waals surface area contributed by atoms with Crippen molar-refractivity contribution in [3.8, 4) is 0 Å². The Morgan fingerprint density at radius 2 is 2.00 bits per heavy atom. The summed E-state index contributed by atoms with van der Waals surface area (Å²) >= 11 is 1.45. The van der Waals surface area contributed by atoms with E-state index in [4.69, 9.17) is 4.74 Å². The van der Waals surface area contributed by atoms with Crippen molar-refractivity contribution in [2.24, 2.45) is 7.05 Å². The molecule has 0 saturated heterocycles. The summed E-state index contributed by atoms with van der Waals surface area (Å²) in [5.74, 6) is -0.899. The molecule has 0 aliphatic carbocycles. The highest BCUT2D eigenvalue weighted by atomic mass is 32.2. The van der Waals surface area contributed by atoms with E-state index < -0.39 is 5.97 Å². The highest BCUT2D eigenvalue weighted by Gasteiger charge is 2.16. The lowest BCUT2D eigenvalue weighted by Gasteiger charge is -2.09. The number of hydrogen-bond donors (Lipinski definition) is 1. The molecule has 1 aromatic carbocycles. The van der Waals surface area contributed by atoms with Crippen molar-refractivity contribution in [1.82, 2.24) is 9.78 Å². The third kappa shape index (κ3) is 3.92. The van der Waals surface area contributed by atoms with E-state index in [1.807, 2.05) is 32.2 Å². The van der Waals surface area contributed by atoms with Gasteiger partial charge >= 0.3 is 5.97 Å². The Kier molecular flexibility index (Phi) is 5.44. The Labute approximate surface area is 139 Å². The molecule has 7 heteroatoms. The molecule has 1 aromatic heterocycles. The second kappa shape index (κ2) is 7.32. The van der Waals surface area contributed by atoms with Crippen molar-refractivity contribution >= 4 is 29.3 Å². The summed E-state index contributed by atoms with van der Waals surface area (Å²) in [6.45, 7) is 3.33. The summed E-state index contributed by atoms with van der Waals surface area (Å²) in [5, 5.41) is 6.95. The van der Waals surface area contributed by atoms with Gasteiger partial charge in [0.1, 0.15) is 0 Å². The van der Waals surface area contributed by atoms with Crippen LogP contribution in [-0.4, -0.2) is 34.5 Å². The number of benzene rings is 1. The first kappa shape index (κ1) is 17.1. The first-order valence-electron chi connectivity index (χ1n) is 7.04. The van der Waals surface area contributed by atoms with Crippen LogP contribution in [0, 0.1) is 13.8 Å². The van der Waals surface area contributed by atoms with Crippen LogP contribution < -0.4 is 5.32 Å². The standard InChI is InChI=1S/C16H19N3O3S/c1-10-15(11(2)19(3)18-10)17-14(20)9-22-16(21)12-7-5-6-8-13(12)23-4/h5-8H,9H2,1-4H3,(H,17,20). The molecule has 2 aromatic rings. The van der Waals surface area contributed by atoms with Gasteiger partial charge in [-0.05, 0) is 32.2 Å². The zero-order chi connectivity index (χ0) is 17.0. The number of thioether (sulfide) groups is 1. The van der Waals surface area contributed by atoms with Gasteiger partial charge in [-0.25, -0.2) is 4.79 Å². The maximum absolute atomic E-state index is 12.1. The number of amides is 1. The molecule has 0 spiro atoms. The highest BCUT2D eigenvalue weighted by molar-refractivity contribution is 7.98. The molecular weight excluding hydrogens is 314 g/mol. The summed E-state index contributed by atoms with van der Waals surface area (Å²) in [7, 11) is 1.80. The van der Waals surface area contributed by atoms with Crippen LogP contribution in [0.3, 0.4) is 0 Å². The number of aryl methyl sites for hydroxylation is 2. The van der Waals surface area contributed by atoms with E-state index in [9.17, 15) is 9.59 Å². The Bertz CT molecular complexity index is 740. The van der Waals surface area contributed by atoms with Crippen molar-refractivity contribution in [1.29, 1.82) is 0 Å². The third-order valence-corrected chi connectivity index (χ3v) is 4.23. The summed E-state index contributed by atoms with van der Waals surface area (Å²) in [4.78, 5) is 24.9. The van der Waals surface area contributed by atoms with E-state index in [1.54, 1.807) is 23.9 Å². The van der Waals surface area contributed by atoms with Crippen molar-refractivity contribution in [2.75, 3.05) is 18.2 Å². The van der Waals surface area contributed by atoms with Crippen LogP contribution in [0.4, 0.5) is 5.69 Å². The Balaban J connectivity index is 1.98. The minimum atomic E-state index is -0.510.